The summed E-state index contributed by atoms with van der Waals surface area (Å²) in [6.45, 7) is 0.934. The van der Waals surface area contributed by atoms with E-state index in [1.54, 1.807) is 6.20 Å². The molecule has 0 radical (unpaired) electrons. The van der Waals surface area contributed by atoms with Gasteiger partial charge in [0.1, 0.15) is 6.04 Å². The number of ether oxygens (including phenoxy) is 1. The predicted molar refractivity (Wildman–Crippen MR) is 167 cm³/mol. The lowest BCUT2D eigenvalue weighted by molar-refractivity contribution is -0.139. The molecule has 44 heavy (non-hydrogen) atoms. The third kappa shape index (κ3) is 8.75. The summed E-state index contributed by atoms with van der Waals surface area (Å²) in [4.78, 5) is 46.5. The average molecular weight is 592 g/mol. The van der Waals surface area contributed by atoms with Gasteiger partial charge in [-0.2, -0.15) is 0 Å². The Hall–Kier alpha value is -5.02. The van der Waals surface area contributed by atoms with Crippen LogP contribution in [0.4, 0.5) is 4.79 Å². The summed E-state index contributed by atoms with van der Waals surface area (Å²) in [5, 5.41) is 4.07. The third-order valence-electron chi connectivity index (χ3n) is 7.55. The maximum absolute atomic E-state index is 13.7. The summed E-state index contributed by atoms with van der Waals surface area (Å²) in [5.41, 5.74) is 6.68. The van der Waals surface area contributed by atoms with E-state index in [0.717, 1.165) is 22.4 Å². The Morgan fingerprint density at radius 2 is 1.45 bits per heavy atom. The Morgan fingerprint density at radius 1 is 0.818 bits per heavy atom. The highest BCUT2D eigenvalue weighted by molar-refractivity contribution is 5.90. The van der Waals surface area contributed by atoms with Crippen molar-refractivity contribution < 1.29 is 19.1 Å². The second-order valence-electron chi connectivity index (χ2n) is 10.7. The van der Waals surface area contributed by atoms with Gasteiger partial charge in [0.25, 0.3) is 11.8 Å². The fourth-order valence-corrected chi connectivity index (χ4v) is 5.25. The number of aryl methyl sites for hydroxylation is 1. The van der Waals surface area contributed by atoms with E-state index in [-0.39, 0.29) is 25.6 Å². The number of carbonyl (C=O) groups is 3. The van der Waals surface area contributed by atoms with Crippen LogP contribution in [0.1, 0.15) is 28.8 Å². The van der Waals surface area contributed by atoms with Crippen LogP contribution in [0.3, 0.4) is 0 Å². The Balaban J connectivity index is 1.25. The van der Waals surface area contributed by atoms with Gasteiger partial charge in [-0.1, -0.05) is 97.1 Å². The van der Waals surface area contributed by atoms with Gasteiger partial charge in [-0.15, -0.1) is 0 Å². The van der Waals surface area contributed by atoms with Crippen LogP contribution in [0.2, 0.25) is 0 Å². The van der Waals surface area contributed by atoms with Crippen LogP contribution in [-0.2, 0) is 40.1 Å². The van der Waals surface area contributed by atoms with Crippen molar-refractivity contribution in [1.82, 2.24) is 25.6 Å². The lowest BCUT2D eigenvalue weighted by Crippen LogP contribution is -2.54. The van der Waals surface area contributed by atoms with Gasteiger partial charge in [0.2, 0.25) is 0 Å². The van der Waals surface area contributed by atoms with Crippen molar-refractivity contribution >= 4 is 17.9 Å². The van der Waals surface area contributed by atoms with Crippen molar-refractivity contribution in [2.24, 2.45) is 0 Å². The molecular weight excluding hydrogens is 554 g/mol. The second-order valence-corrected chi connectivity index (χ2v) is 10.7. The molecule has 9 heteroatoms. The molecule has 226 valence electrons. The molecule has 0 saturated carbocycles. The van der Waals surface area contributed by atoms with Gasteiger partial charge in [0, 0.05) is 31.3 Å². The maximum Gasteiger partial charge on any atom is 0.407 e. The first kappa shape index (κ1) is 30.4. The first-order valence-corrected chi connectivity index (χ1v) is 14.9. The van der Waals surface area contributed by atoms with E-state index in [4.69, 9.17) is 4.74 Å². The van der Waals surface area contributed by atoms with Gasteiger partial charge in [-0.3, -0.25) is 24.9 Å². The minimum absolute atomic E-state index is 0.173. The zero-order valence-corrected chi connectivity index (χ0v) is 24.5. The number of pyridine rings is 1. The second kappa shape index (κ2) is 15.5. The highest BCUT2D eigenvalue weighted by atomic mass is 16.5. The van der Waals surface area contributed by atoms with E-state index >= 15 is 0 Å². The molecule has 1 fully saturated rings. The van der Waals surface area contributed by atoms with Crippen molar-refractivity contribution in [3.05, 3.63) is 138 Å². The molecule has 0 spiro atoms. The number of rotatable bonds is 13. The molecule has 3 amide bonds. The van der Waals surface area contributed by atoms with E-state index in [1.165, 1.54) is 5.01 Å². The van der Waals surface area contributed by atoms with Crippen molar-refractivity contribution in [3.8, 4) is 0 Å². The summed E-state index contributed by atoms with van der Waals surface area (Å²) < 4.78 is 5.41. The number of amides is 3. The zero-order valence-electron chi connectivity index (χ0n) is 24.5. The first-order valence-electron chi connectivity index (χ1n) is 14.9. The molecule has 1 saturated heterocycles. The Bertz CT molecular complexity index is 1490. The minimum Gasteiger partial charge on any atom is -0.449 e. The van der Waals surface area contributed by atoms with Crippen LogP contribution >= 0.6 is 0 Å². The molecule has 4 aromatic rings. The minimum atomic E-state index is -0.954. The van der Waals surface area contributed by atoms with Gasteiger partial charge in [-0.05, 0) is 41.7 Å². The fourth-order valence-electron chi connectivity index (χ4n) is 5.25. The van der Waals surface area contributed by atoms with Crippen LogP contribution in [0.15, 0.2) is 115 Å². The first-order chi connectivity index (χ1) is 21.5. The molecule has 2 N–H and O–H groups in total. The van der Waals surface area contributed by atoms with Crippen LogP contribution in [-0.4, -0.2) is 58.2 Å². The molecule has 0 unspecified atom stereocenters. The van der Waals surface area contributed by atoms with Crippen LogP contribution < -0.4 is 10.7 Å². The van der Waals surface area contributed by atoms with Crippen molar-refractivity contribution in [2.45, 2.75) is 44.3 Å². The predicted octanol–water partition coefficient (Wildman–Crippen LogP) is 4.30. The lowest BCUT2D eigenvalue weighted by Gasteiger charge is -2.23. The summed E-state index contributed by atoms with van der Waals surface area (Å²) in [6, 6.07) is 33.4. The molecule has 0 aliphatic carbocycles. The number of carbonyl (C=O) groups excluding carboxylic acids is 3. The highest BCUT2D eigenvalue weighted by Crippen LogP contribution is 2.21. The quantitative estimate of drug-likeness (QED) is 0.240. The van der Waals surface area contributed by atoms with Crippen LogP contribution in [0, 0.1) is 0 Å². The van der Waals surface area contributed by atoms with Crippen molar-refractivity contribution in [3.63, 3.8) is 0 Å². The number of hydrazine groups is 1. The third-order valence-corrected chi connectivity index (χ3v) is 7.55. The van der Waals surface area contributed by atoms with Crippen LogP contribution in [0.5, 0.6) is 0 Å². The molecule has 2 heterocycles. The van der Waals surface area contributed by atoms with Gasteiger partial charge in [-0.25, -0.2) is 9.80 Å². The SMILES string of the molecule is O=C(N[C@H](Cc1ccccc1)C(=O)NN1CN(Cc2ccccc2)[C@H](CCc2ccccn2)C1=O)OCCc1ccccc1. The largest absolute Gasteiger partial charge is 0.449 e. The molecular formula is C35H37N5O4. The Morgan fingerprint density at radius 3 is 2.11 bits per heavy atom. The van der Waals surface area contributed by atoms with Gasteiger partial charge in [0.05, 0.1) is 19.3 Å². The summed E-state index contributed by atoms with van der Waals surface area (Å²) in [6.07, 6.45) is 3.02. The molecule has 5 rings (SSSR count). The molecule has 0 bridgehead atoms. The highest BCUT2D eigenvalue weighted by Gasteiger charge is 2.40. The average Bonchev–Trinajstić information content (AvgIpc) is 3.34. The molecule has 1 aromatic heterocycles. The number of hydrogen-bond acceptors (Lipinski definition) is 6. The van der Waals surface area contributed by atoms with Crippen molar-refractivity contribution in [1.29, 1.82) is 0 Å². The smallest absolute Gasteiger partial charge is 0.407 e. The summed E-state index contributed by atoms with van der Waals surface area (Å²) >= 11 is 0. The summed E-state index contributed by atoms with van der Waals surface area (Å²) in [7, 11) is 0. The van der Waals surface area contributed by atoms with E-state index in [1.807, 2.05) is 109 Å². The number of alkyl carbamates (subject to hydrolysis) is 1. The van der Waals surface area contributed by atoms with Crippen molar-refractivity contribution in [2.75, 3.05) is 13.3 Å². The van der Waals surface area contributed by atoms with E-state index < -0.39 is 24.1 Å². The fraction of sp³-hybridized carbons (Fsp3) is 0.257. The molecule has 1 aliphatic heterocycles. The molecule has 2 atom stereocenters. The Kier molecular flexibility index (Phi) is 10.7. The standard InChI is InChI=1S/C35H37N5O4/c41-33(31(24-28-14-6-2-7-15-28)37-35(43)44-23-21-27-12-4-1-5-13-27)38-40-26-39(25-29-16-8-3-9-17-29)32(34(40)42)20-19-30-18-10-11-22-36-30/h1-18,22,31-32H,19-21,23-26H2,(H,37,43)(H,38,41)/t31-,32-/m1/s1. The van der Waals surface area contributed by atoms with E-state index in [2.05, 4.69) is 20.6 Å². The number of nitrogens with one attached hydrogen (secondary N) is 2. The van der Waals surface area contributed by atoms with E-state index in [9.17, 15) is 14.4 Å². The van der Waals surface area contributed by atoms with Gasteiger partial charge < -0.3 is 10.1 Å². The zero-order chi connectivity index (χ0) is 30.6. The summed E-state index contributed by atoms with van der Waals surface area (Å²) in [5.74, 6) is -0.693. The number of benzene rings is 3. The lowest BCUT2D eigenvalue weighted by atomic mass is 10.1. The maximum atomic E-state index is 13.7. The number of nitrogens with zero attached hydrogens (tertiary/aromatic N) is 3. The van der Waals surface area contributed by atoms with Gasteiger partial charge in [0.15, 0.2) is 0 Å². The molecule has 1 aliphatic rings. The number of aromatic nitrogens is 1. The van der Waals surface area contributed by atoms with E-state index in [0.29, 0.717) is 25.8 Å². The monoisotopic (exact) mass is 591 g/mol. The van der Waals surface area contributed by atoms with Gasteiger partial charge >= 0.3 is 6.09 Å². The number of hydrogen-bond donors (Lipinski definition) is 2. The Labute approximate surface area is 257 Å². The molecule has 3 aromatic carbocycles. The topological polar surface area (TPSA) is 104 Å². The molecule has 9 nitrogen and oxygen atoms in total. The van der Waals surface area contributed by atoms with Crippen LogP contribution in [0.25, 0.3) is 0 Å². The normalized spacial score (nSPS) is 15.5.